The quantitative estimate of drug-likeness (QED) is 0.00929. The van der Waals surface area contributed by atoms with Crippen LogP contribution in [0.3, 0.4) is 0 Å². The number of nitrogens with zero attached hydrogens (tertiary/aromatic N) is 2. The Morgan fingerprint density at radius 2 is 1.13 bits per heavy atom. The van der Waals surface area contributed by atoms with Crippen molar-refractivity contribution in [1.82, 2.24) is 0 Å². The summed E-state index contributed by atoms with van der Waals surface area (Å²) in [7, 11) is -11.1. The second-order valence-corrected chi connectivity index (χ2v) is 21.8. The van der Waals surface area contributed by atoms with Gasteiger partial charge in [-0.2, -0.15) is 8.79 Å². The molecule has 0 aliphatic carbocycles. The molecule has 2 aliphatic rings. The second-order valence-electron chi connectivity index (χ2n) is 19.0. The molecule has 70 heavy (non-hydrogen) atoms. The zero-order valence-electron chi connectivity index (χ0n) is 41.9. The van der Waals surface area contributed by atoms with Gasteiger partial charge in [0.25, 0.3) is 0 Å². The predicted octanol–water partition coefficient (Wildman–Crippen LogP) is 8.75. The first-order valence-electron chi connectivity index (χ1n) is 26.3. The number of aliphatic hydroxyl groups excluding tert-OH is 4. The molecule has 20 nitrogen and oxygen atoms in total. The van der Waals surface area contributed by atoms with E-state index in [1.165, 1.54) is 89.3 Å². The van der Waals surface area contributed by atoms with Gasteiger partial charge in [-0.15, -0.1) is 4.99 Å². The minimum Gasteiger partial charge on any atom is -0.462 e. The number of urea groups is 1. The highest BCUT2D eigenvalue weighted by Gasteiger charge is 2.59. The molecule has 0 aromatic rings. The number of phosphoric acid groups is 2. The highest BCUT2D eigenvalue weighted by atomic mass is 31.3. The summed E-state index contributed by atoms with van der Waals surface area (Å²) in [6.45, 7) is 1.80. The summed E-state index contributed by atoms with van der Waals surface area (Å²) in [6, 6.07) is -0.812. The van der Waals surface area contributed by atoms with Crippen LogP contribution in [0, 0.1) is 0 Å². The largest absolute Gasteiger partial charge is 0.483 e. The van der Waals surface area contributed by atoms with Crippen LogP contribution in [0.2, 0.25) is 0 Å². The summed E-state index contributed by atoms with van der Waals surface area (Å²) in [4.78, 5) is 68.8. The number of nitrogens with two attached hydrogens (primary N) is 1. The second kappa shape index (κ2) is 36.7. The van der Waals surface area contributed by atoms with Gasteiger partial charge in [-0.25, -0.2) is 13.9 Å². The Bertz CT molecular complexity index is 1620. The summed E-state index contributed by atoms with van der Waals surface area (Å²) < 4.78 is 46.5. The normalized spacial score (nSPS) is 22.2. The lowest BCUT2D eigenvalue weighted by atomic mass is 10.0. The van der Waals surface area contributed by atoms with Crippen LogP contribution in [0.25, 0.3) is 0 Å². The number of amides is 2. The summed E-state index contributed by atoms with van der Waals surface area (Å²) in [5, 5.41) is 41.5. The van der Waals surface area contributed by atoms with Gasteiger partial charge in [0.05, 0.1) is 13.2 Å². The lowest BCUT2D eigenvalue weighted by Crippen LogP contribution is -2.60. The van der Waals surface area contributed by atoms with Crippen LogP contribution in [-0.4, -0.2) is 120 Å². The van der Waals surface area contributed by atoms with Crippen LogP contribution in [0.5, 0.6) is 0 Å². The standard InChI is InChI=1S/C48H89N3O17P2/c1-2-3-4-5-6-7-8-9-11-14-17-20-23-26-29-32-41(53)64-38-39(37-52)65-42(54)33-30-27-24-21-18-15-12-10-13-16-19-22-25-28-31-35-51(36-34-40(49)50-48(51)58)46-44(56)43(55)45(66-46)47(57)67-70(62,63)68-69(59,60)61/h34,36,39,43-47,52,55-57H,2-33,35,37-38H2,1H3,(H4-,49,50,58,59,60,61,62,63)/p+1/t39?,43-,44-,45-,46+,47?,51?/m0/s1. The maximum absolute atomic E-state index is 13.2. The number of rotatable bonds is 44. The smallest absolute Gasteiger partial charge is 0.462 e. The first-order chi connectivity index (χ1) is 33.4. The van der Waals surface area contributed by atoms with Gasteiger partial charge in [0.2, 0.25) is 6.23 Å². The maximum atomic E-state index is 13.2. The van der Waals surface area contributed by atoms with Gasteiger partial charge in [0.15, 0.2) is 18.5 Å². The predicted molar refractivity (Wildman–Crippen MR) is 263 cm³/mol. The number of esters is 2. The van der Waals surface area contributed by atoms with E-state index in [4.69, 9.17) is 29.7 Å². The molecule has 0 radical (unpaired) electrons. The topological polar surface area (TPSA) is 311 Å². The molecule has 408 valence electrons. The molecule has 4 unspecified atom stereocenters. The molecule has 2 aliphatic heterocycles. The molecule has 22 heteroatoms. The van der Waals surface area contributed by atoms with Crippen LogP contribution in [0.15, 0.2) is 17.3 Å². The molecule has 1 saturated heterocycles. The third-order valence-corrected chi connectivity index (χ3v) is 15.0. The molecule has 0 aromatic heterocycles. The molecule has 2 amide bonds. The van der Waals surface area contributed by atoms with E-state index >= 15 is 0 Å². The number of carbonyl (C=O) groups excluding carboxylic acids is 3. The summed E-state index contributed by atoms with van der Waals surface area (Å²) >= 11 is 0. The molecular weight excluding hydrogens is 952 g/mol. The zero-order valence-corrected chi connectivity index (χ0v) is 43.7. The van der Waals surface area contributed by atoms with Crippen molar-refractivity contribution >= 4 is 39.5 Å². The summed E-state index contributed by atoms with van der Waals surface area (Å²) in [5.41, 5.74) is 5.71. The van der Waals surface area contributed by atoms with Gasteiger partial charge < -0.3 is 55.1 Å². The lowest BCUT2D eigenvalue weighted by molar-refractivity contribution is -0.854. The Morgan fingerprint density at radius 1 is 0.700 bits per heavy atom. The third kappa shape index (κ3) is 27.8. The highest BCUT2D eigenvalue weighted by Crippen LogP contribution is 2.58. The fraction of sp³-hybridized carbons (Fsp3) is 0.875. The fourth-order valence-electron chi connectivity index (χ4n) is 8.87. The van der Waals surface area contributed by atoms with Gasteiger partial charge in [0, 0.05) is 18.9 Å². The number of quaternary nitrogens is 1. The number of aliphatic hydroxyl groups is 4. The van der Waals surface area contributed by atoms with Crippen molar-refractivity contribution in [2.24, 2.45) is 10.7 Å². The number of amidine groups is 1. The number of hydrogen-bond acceptors (Lipinski definition) is 15. The van der Waals surface area contributed by atoms with E-state index in [1.54, 1.807) is 0 Å². The van der Waals surface area contributed by atoms with Crippen LogP contribution >= 0.6 is 15.6 Å². The maximum Gasteiger partial charge on any atom is 0.483 e. The van der Waals surface area contributed by atoms with Crippen molar-refractivity contribution < 1.29 is 86.1 Å². The molecule has 1 fully saturated rings. The molecule has 0 spiro atoms. The van der Waals surface area contributed by atoms with Gasteiger partial charge >= 0.3 is 33.6 Å². The Morgan fingerprint density at radius 3 is 1.56 bits per heavy atom. The monoisotopic (exact) mass is 1040 g/mol. The van der Waals surface area contributed by atoms with Crippen LogP contribution in [0.1, 0.15) is 212 Å². The van der Waals surface area contributed by atoms with Crippen LogP contribution in [-0.2, 0) is 41.8 Å². The molecule has 2 heterocycles. The zero-order chi connectivity index (χ0) is 51.7. The Kier molecular flexibility index (Phi) is 33.5. The number of ether oxygens (including phenoxy) is 3. The van der Waals surface area contributed by atoms with E-state index in [2.05, 4.69) is 20.8 Å². The number of phosphoric ester groups is 1. The lowest BCUT2D eigenvalue weighted by Gasteiger charge is -2.37. The van der Waals surface area contributed by atoms with Crippen LogP contribution in [0.4, 0.5) is 4.79 Å². The number of aliphatic imine (C=N–C) groups is 1. The molecule has 9 N–H and O–H groups in total. The SMILES string of the molecule is CCCCCCCCCCCCCCCCCC(=O)OCC(CO)OC(=O)CCCCCCCCCCCCCCCCC[N+]1([C@@H]2O[C@H](C(O)OP(=O)(O)OP(=O)(O)O)[C@@H](O)[C@@H]2O)C=CC(N)=NC1=O. The highest BCUT2D eigenvalue weighted by molar-refractivity contribution is 7.60. The molecule has 2 rings (SSSR count). The van der Waals surface area contributed by atoms with Gasteiger partial charge in [-0.3, -0.25) is 14.1 Å². The van der Waals surface area contributed by atoms with E-state index in [0.717, 1.165) is 103 Å². The van der Waals surface area contributed by atoms with E-state index in [1.807, 2.05) is 0 Å². The van der Waals surface area contributed by atoms with Gasteiger partial charge in [-0.1, -0.05) is 174 Å². The Hall–Kier alpha value is -2.16. The summed E-state index contributed by atoms with van der Waals surface area (Å²) in [5.74, 6) is -0.805. The average Bonchev–Trinajstić information content (AvgIpc) is 3.60. The van der Waals surface area contributed by atoms with Crippen molar-refractivity contribution in [2.45, 2.75) is 249 Å². The number of hydrogen-bond donors (Lipinski definition) is 8. The van der Waals surface area contributed by atoms with Crippen molar-refractivity contribution in [1.29, 1.82) is 0 Å². The molecule has 0 saturated carbocycles. The van der Waals surface area contributed by atoms with Crippen molar-refractivity contribution in [3.05, 3.63) is 12.3 Å². The summed E-state index contributed by atoms with van der Waals surface area (Å²) in [6.07, 6.45) is 26.2. The average molecular weight is 1040 g/mol. The van der Waals surface area contributed by atoms with Crippen molar-refractivity contribution in [2.75, 3.05) is 19.8 Å². The Balaban J connectivity index is 1.47. The van der Waals surface area contributed by atoms with E-state index < -0.39 is 69.7 Å². The van der Waals surface area contributed by atoms with Crippen molar-refractivity contribution in [3.63, 3.8) is 0 Å². The van der Waals surface area contributed by atoms with E-state index in [-0.39, 0.29) is 37.3 Å². The van der Waals surface area contributed by atoms with E-state index in [9.17, 15) is 48.8 Å². The van der Waals surface area contributed by atoms with Gasteiger partial charge in [-0.05, 0) is 25.7 Å². The van der Waals surface area contributed by atoms with E-state index in [0.29, 0.717) is 19.3 Å². The molecule has 8 atom stereocenters. The molecule has 0 aromatic carbocycles. The minimum absolute atomic E-state index is 0.0706. The van der Waals surface area contributed by atoms with Gasteiger partial charge in [0.1, 0.15) is 30.9 Å². The van der Waals surface area contributed by atoms with Crippen molar-refractivity contribution in [3.8, 4) is 0 Å². The van der Waals surface area contributed by atoms with Crippen LogP contribution < -0.4 is 5.73 Å². The first-order valence-corrected chi connectivity index (χ1v) is 29.4. The fourth-order valence-corrected chi connectivity index (χ4v) is 10.5. The molecular formula is C48H90N3O17P2+. The third-order valence-electron chi connectivity index (χ3n) is 12.9. The molecule has 0 bridgehead atoms. The Labute approximate surface area is 416 Å². The number of carbonyl (C=O) groups is 3. The number of unbranched alkanes of at least 4 members (excludes halogenated alkanes) is 28. The first kappa shape index (κ1) is 64.0. The minimum atomic E-state index is -5.56.